The normalized spacial score (nSPS) is 23.5. The highest BCUT2D eigenvalue weighted by Gasteiger charge is 2.21. The van der Waals surface area contributed by atoms with E-state index in [1.807, 2.05) is 11.6 Å². The van der Waals surface area contributed by atoms with Crippen LogP contribution in [0.1, 0.15) is 25.7 Å². The second-order valence-electron chi connectivity index (χ2n) is 3.75. The Morgan fingerprint density at radius 3 is 3.14 bits per heavy atom. The molecule has 1 aromatic rings. The fourth-order valence-electron chi connectivity index (χ4n) is 2.03. The molecule has 2 heterocycles. The van der Waals surface area contributed by atoms with Crippen molar-refractivity contribution >= 4 is 16.5 Å². The first kappa shape index (κ1) is 9.93. The van der Waals surface area contributed by atoms with Gasteiger partial charge < -0.3 is 10.6 Å². The minimum absolute atomic E-state index is 0.503. The molecule has 1 saturated heterocycles. The molecule has 2 rings (SSSR count). The first-order chi connectivity index (χ1) is 6.92. The van der Waals surface area contributed by atoms with Crippen molar-refractivity contribution in [3.05, 3.63) is 11.6 Å². The second-order valence-corrected chi connectivity index (χ2v) is 4.62. The maximum atomic E-state index is 5.80. The largest absolute Gasteiger partial charge is 0.344 e. The molecule has 0 spiro atoms. The predicted octanol–water partition coefficient (Wildman–Crippen LogP) is 1.85. The first-order valence-corrected chi connectivity index (χ1v) is 6.16. The summed E-state index contributed by atoms with van der Waals surface area (Å²) in [5.41, 5.74) is 5.80. The molecule has 0 radical (unpaired) electrons. The molecule has 1 aromatic heterocycles. The summed E-state index contributed by atoms with van der Waals surface area (Å²) < 4.78 is 0. The summed E-state index contributed by atoms with van der Waals surface area (Å²) in [6, 6.07) is 0.503. The zero-order chi connectivity index (χ0) is 9.80. The van der Waals surface area contributed by atoms with Crippen LogP contribution in [0, 0.1) is 0 Å². The van der Waals surface area contributed by atoms with Crippen molar-refractivity contribution in [2.45, 2.75) is 31.7 Å². The number of nitrogens with zero attached hydrogens (tertiary/aromatic N) is 2. The molecular weight excluding hydrogens is 194 g/mol. The Bertz CT molecular complexity index is 260. The Morgan fingerprint density at radius 1 is 1.50 bits per heavy atom. The van der Waals surface area contributed by atoms with Crippen LogP contribution in [-0.2, 0) is 0 Å². The molecule has 3 nitrogen and oxygen atoms in total. The molecule has 1 unspecified atom stereocenters. The molecule has 0 saturated carbocycles. The van der Waals surface area contributed by atoms with Crippen LogP contribution in [0.2, 0.25) is 0 Å². The van der Waals surface area contributed by atoms with Crippen LogP contribution in [0.5, 0.6) is 0 Å². The number of hydrogen-bond acceptors (Lipinski definition) is 4. The van der Waals surface area contributed by atoms with Gasteiger partial charge >= 0.3 is 0 Å². The maximum absolute atomic E-state index is 5.80. The molecule has 1 atom stereocenters. The predicted molar refractivity (Wildman–Crippen MR) is 60.8 cm³/mol. The molecule has 0 aromatic carbocycles. The Morgan fingerprint density at radius 2 is 2.43 bits per heavy atom. The second kappa shape index (κ2) is 4.75. The lowest BCUT2D eigenvalue weighted by molar-refractivity contribution is 0.579. The monoisotopic (exact) mass is 211 g/mol. The van der Waals surface area contributed by atoms with Crippen molar-refractivity contribution in [2.24, 2.45) is 5.73 Å². The number of rotatable bonds is 2. The van der Waals surface area contributed by atoms with E-state index >= 15 is 0 Å². The fourth-order valence-corrected chi connectivity index (χ4v) is 2.77. The van der Waals surface area contributed by atoms with Crippen molar-refractivity contribution in [1.29, 1.82) is 0 Å². The molecule has 2 N–H and O–H groups in total. The minimum Gasteiger partial charge on any atom is -0.344 e. The third-order valence-corrected chi connectivity index (χ3v) is 3.62. The summed E-state index contributed by atoms with van der Waals surface area (Å²) in [5.74, 6) is 0. The van der Waals surface area contributed by atoms with Gasteiger partial charge in [-0.1, -0.05) is 12.8 Å². The van der Waals surface area contributed by atoms with Crippen LogP contribution < -0.4 is 10.6 Å². The van der Waals surface area contributed by atoms with Gasteiger partial charge in [-0.3, -0.25) is 0 Å². The van der Waals surface area contributed by atoms with E-state index in [1.54, 1.807) is 11.3 Å². The average Bonchev–Trinajstić information content (AvgIpc) is 2.63. The first-order valence-electron chi connectivity index (χ1n) is 5.28. The van der Waals surface area contributed by atoms with Gasteiger partial charge in [-0.2, -0.15) is 0 Å². The summed E-state index contributed by atoms with van der Waals surface area (Å²) in [6.45, 7) is 1.87. The average molecular weight is 211 g/mol. The molecule has 0 bridgehead atoms. The smallest absolute Gasteiger partial charge is 0.185 e. The molecule has 0 amide bonds. The Hall–Kier alpha value is -0.610. The third-order valence-electron chi connectivity index (χ3n) is 2.81. The van der Waals surface area contributed by atoms with Crippen molar-refractivity contribution in [2.75, 3.05) is 18.0 Å². The van der Waals surface area contributed by atoms with Crippen molar-refractivity contribution in [3.8, 4) is 0 Å². The summed E-state index contributed by atoms with van der Waals surface area (Å²) >= 11 is 1.72. The van der Waals surface area contributed by atoms with Gasteiger partial charge in [0, 0.05) is 30.7 Å². The van der Waals surface area contributed by atoms with Crippen molar-refractivity contribution in [3.63, 3.8) is 0 Å². The number of thiazole rings is 1. The number of nitrogens with two attached hydrogens (primary N) is 1. The van der Waals surface area contributed by atoms with E-state index < -0.39 is 0 Å². The van der Waals surface area contributed by atoms with E-state index in [0.717, 1.165) is 18.2 Å². The fraction of sp³-hybridized carbons (Fsp3) is 0.700. The lowest BCUT2D eigenvalue weighted by Crippen LogP contribution is -2.40. The molecule has 1 aliphatic rings. The van der Waals surface area contributed by atoms with E-state index in [9.17, 15) is 0 Å². The van der Waals surface area contributed by atoms with E-state index in [2.05, 4.69) is 9.88 Å². The molecule has 1 fully saturated rings. The molecule has 4 heteroatoms. The number of anilines is 1. The molecule has 1 aliphatic heterocycles. The highest BCUT2D eigenvalue weighted by molar-refractivity contribution is 7.13. The van der Waals surface area contributed by atoms with Crippen LogP contribution >= 0.6 is 11.3 Å². The highest BCUT2D eigenvalue weighted by Crippen LogP contribution is 2.25. The van der Waals surface area contributed by atoms with Crippen LogP contribution in [0.25, 0.3) is 0 Å². The molecule has 0 aliphatic carbocycles. The minimum atomic E-state index is 0.503. The van der Waals surface area contributed by atoms with Gasteiger partial charge in [0.15, 0.2) is 5.13 Å². The highest BCUT2D eigenvalue weighted by atomic mass is 32.1. The van der Waals surface area contributed by atoms with Gasteiger partial charge in [0.05, 0.1) is 0 Å². The van der Waals surface area contributed by atoms with Crippen LogP contribution in [0.4, 0.5) is 5.13 Å². The van der Waals surface area contributed by atoms with Gasteiger partial charge in [0.2, 0.25) is 0 Å². The zero-order valence-corrected chi connectivity index (χ0v) is 9.17. The Labute approximate surface area is 88.9 Å². The molecule has 14 heavy (non-hydrogen) atoms. The van der Waals surface area contributed by atoms with Crippen LogP contribution in [-0.4, -0.2) is 24.1 Å². The maximum Gasteiger partial charge on any atom is 0.185 e. The summed E-state index contributed by atoms with van der Waals surface area (Å²) in [4.78, 5) is 6.76. The topological polar surface area (TPSA) is 42.1 Å². The number of aromatic nitrogens is 1. The summed E-state index contributed by atoms with van der Waals surface area (Å²) in [6.07, 6.45) is 7.01. The Kier molecular flexibility index (Phi) is 3.37. The number of hydrogen-bond donors (Lipinski definition) is 1. The lowest BCUT2D eigenvalue weighted by atomic mass is 10.1. The quantitative estimate of drug-likeness (QED) is 0.811. The van der Waals surface area contributed by atoms with E-state index in [4.69, 9.17) is 5.73 Å². The zero-order valence-electron chi connectivity index (χ0n) is 8.35. The standard InChI is InChI=1S/C10H17N3S/c11-8-9-4-2-1-3-6-13(9)10-12-5-7-14-10/h5,7,9H,1-4,6,8,11H2. The van der Waals surface area contributed by atoms with Crippen molar-refractivity contribution in [1.82, 2.24) is 4.98 Å². The molecule has 78 valence electrons. The van der Waals surface area contributed by atoms with Gasteiger partial charge in [0.25, 0.3) is 0 Å². The Balaban J connectivity index is 2.12. The SMILES string of the molecule is NCC1CCCCCN1c1nccs1. The molecular formula is C10H17N3S. The van der Waals surface area contributed by atoms with Gasteiger partial charge in [-0.15, -0.1) is 11.3 Å². The van der Waals surface area contributed by atoms with Crippen LogP contribution in [0.3, 0.4) is 0 Å². The van der Waals surface area contributed by atoms with E-state index in [1.165, 1.54) is 25.7 Å². The lowest BCUT2D eigenvalue weighted by Gasteiger charge is -2.28. The summed E-state index contributed by atoms with van der Waals surface area (Å²) in [5, 5.41) is 3.18. The van der Waals surface area contributed by atoms with Gasteiger partial charge in [-0.25, -0.2) is 4.98 Å². The summed E-state index contributed by atoms with van der Waals surface area (Å²) in [7, 11) is 0. The van der Waals surface area contributed by atoms with Gasteiger partial charge in [0.1, 0.15) is 0 Å². The third kappa shape index (κ3) is 2.07. The van der Waals surface area contributed by atoms with E-state index in [-0.39, 0.29) is 0 Å². The van der Waals surface area contributed by atoms with E-state index in [0.29, 0.717) is 6.04 Å². The van der Waals surface area contributed by atoms with Gasteiger partial charge in [-0.05, 0) is 12.8 Å². The van der Waals surface area contributed by atoms with Crippen molar-refractivity contribution < 1.29 is 0 Å². The van der Waals surface area contributed by atoms with Crippen LogP contribution in [0.15, 0.2) is 11.6 Å².